The average molecular weight is 344 g/mol. The highest BCUT2D eigenvalue weighted by molar-refractivity contribution is 7.11. The fourth-order valence-corrected chi connectivity index (χ4v) is 4.22. The van der Waals surface area contributed by atoms with E-state index in [1.165, 1.54) is 23.4 Å². The lowest BCUT2D eigenvalue weighted by Gasteiger charge is -2.16. The number of aromatic nitrogens is 2. The van der Waals surface area contributed by atoms with Gasteiger partial charge in [-0.3, -0.25) is 4.98 Å². The molecule has 6 nitrogen and oxygen atoms in total. The number of hydrogen-bond acceptors (Lipinski definition) is 5. The molecule has 0 fully saturated rings. The predicted molar refractivity (Wildman–Crippen MR) is 92.2 cm³/mol. The number of carbonyl (C=O) groups excluding carboxylic acids is 1. The third kappa shape index (κ3) is 3.42. The molecular formula is C17H20N4O2S. The van der Waals surface area contributed by atoms with Crippen LogP contribution in [0.1, 0.15) is 39.7 Å². The minimum atomic E-state index is -0.235. The number of ether oxygens (including phenoxy) is 1. The van der Waals surface area contributed by atoms with Crippen LogP contribution in [-0.4, -0.2) is 22.6 Å². The van der Waals surface area contributed by atoms with Crippen molar-refractivity contribution in [3.63, 3.8) is 0 Å². The van der Waals surface area contributed by atoms with Crippen molar-refractivity contribution in [2.75, 3.05) is 11.9 Å². The summed E-state index contributed by atoms with van der Waals surface area (Å²) in [5, 5.41) is 6.69. The number of anilines is 1. The zero-order chi connectivity index (χ0) is 16.4. The maximum absolute atomic E-state index is 12.1. The summed E-state index contributed by atoms with van der Waals surface area (Å²) in [5.74, 6) is 0. The van der Waals surface area contributed by atoms with Gasteiger partial charge in [0.05, 0.1) is 37.3 Å². The number of carbonyl (C=O) groups is 1. The molecule has 3 heterocycles. The fourth-order valence-electron chi connectivity index (χ4n) is 3.12. The van der Waals surface area contributed by atoms with Crippen LogP contribution in [0, 0.1) is 0 Å². The van der Waals surface area contributed by atoms with Crippen molar-refractivity contribution in [3.8, 4) is 0 Å². The lowest BCUT2D eigenvalue weighted by molar-refractivity contribution is 0.109. The van der Waals surface area contributed by atoms with Crippen LogP contribution in [-0.2, 0) is 37.2 Å². The van der Waals surface area contributed by atoms with Crippen LogP contribution in [0.4, 0.5) is 10.5 Å². The van der Waals surface area contributed by atoms with Crippen LogP contribution in [0.25, 0.3) is 0 Å². The number of nitrogens with one attached hydrogen (secondary N) is 2. The summed E-state index contributed by atoms with van der Waals surface area (Å²) in [4.78, 5) is 22.5. The van der Waals surface area contributed by atoms with Crippen LogP contribution in [0.15, 0.2) is 12.3 Å². The second-order valence-electron chi connectivity index (χ2n) is 6.12. The Hall–Kier alpha value is -1.99. The van der Waals surface area contributed by atoms with Gasteiger partial charge in [0.25, 0.3) is 0 Å². The first-order valence-electron chi connectivity index (χ1n) is 8.36. The zero-order valence-electron chi connectivity index (χ0n) is 13.4. The van der Waals surface area contributed by atoms with Crippen molar-refractivity contribution in [1.82, 2.24) is 15.3 Å². The third-order valence-electron chi connectivity index (χ3n) is 4.35. The second kappa shape index (κ2) is 6.86. The first-order chi connectivity index (χ1) is 11.8. The number of thiazole rings is 1. The smallest absolute Gasteiger partial charge is 0.319 e. The number of hydrogen-bond donors (Lipinski definition) is 2. The molecule has 2 aromatic heterocycles. The Labute approximate surface area is 144 Å². The molecule has 0 unspecified atom stereocenters. The maximum atomic E-state index is 12.1. The molecule has 0 radical (unpaired) electrons. The minimum Gasteiger partial charge on any atom is -0.376 e. The van der Waals surface area contributed by atoms with E-state index in [0.29, 0.717) is 25.4 Å². The van der Waals surface area contributed by atoms with Gasteiger partial charge in [-0.1, -0.05) is 0 Å². The predicted octanol–water partition coefficient (Wildman–Crippen LogP) is 2.81. The van der Waals surface area contributed by atoms with E-state index in [9.17, 15) is 4.79 Å². The maximum Gasteiger partial charge on any atom is 0.319 e. The highest BCUT2D eigenvalue weighted by Gasteiger charge is 2.16. The summed E-state index contributed by atoms with van der Waals surface area (Å²) in [7, 11) is 0. The van der Waals surface area contributed by atoms with Gasteiger partial charge < -0.3 is 15.4 Å². The van der Waals surface area contributed by atoms with E-state index in [-0.39, 0.29) is 6.03 Å². The normalized spacial score (nSPS) is 16.2. The summed E-state index contributed by atoms with van der Waals surface area (Å²) in [6.45, 7) is 1.74. The number of urea groups is 1. The molecule has 0 spiro atoms. The molecule has 2 aliphatic rings. The third-order valence-corrected chi connectivity index (χ3v) is 5.51. The molecule has 0 atom stereocenters. The minimum absolute atomic E-state index is 0.235. The second-order valence-corrected chi connectivity index (χ2v) is 7.29. The number of rotatable bonds is 3. The van der Waals surface area contributed by atoms with Crippen LogP contribution >= 0.6 is 11.3 Å². The Kier molecular flexibility index (Phi) is 4.44. The standard InChI is InChI=1S/C17H20N4O2S/c22-17(19-9-16-21-14-3-1-2-4-15(14)24-16)20-12-7-11-10-23-6-5-13(11)18-8-12/h7-8H,1-6,9-10H2,(H2,19,20,22). The Balaban J connectivity index is 1.34. The van der Waals surface area contributed by atoms with Crippen LogP contribution in [0.5, 0.6) is 0 Å². The van der Waals surface area contributed by atoms with Gasteiger partial charge in [-0.15, -0.1) is 11.3 Å². The molecule has 24 heavy (non-hydrogen) atoms. The van der Waals surface area contributed by atoms with Gasteiger partial charge >= 0.3 is 6.03 Å². The van der Waals surface area contributed by atoms with Crippen molar-refractivity contribution < 1.29 is 9.53 Å². The van der Waals surface area contributed by atoms with Gasteiger partial charge in [0.1, 0.15) is 5.01 Å². The van der Waals surface area contributed by atoms with Gasteiger partial charge in [-0.2, -0.15) is 0 Å². The van der Waals surface area contributed by atoms with E-state index < -0.39 is 0 Å². The van der Waals surface area contributed by atoms with E-state index in [2.05, 4.69) is 20.6 Å². The molecule has 1 aliphatic heterocycles. The van der Waals surface area contributed by atoms with E-state index >= 15 is 0 Å². The summed E-state index contributed by atoms with van der Waals surface area (Å²) in [6, 6.07) is 1.70. The van der Waals surface area contributed by atoms with Gasteiger partial charge in [0.15, 0.2) is 0 Å². The van der Waals surface area contributed by atoms with E-state index in [0.717, 1.165) is 35.5 Å². The van der Waals surface area contributed by atoms with E-state index in [1.807, 2.05) is 6.07 Å². The summed E-state index contributed by atoms with van der Waals surface area (Å²) < 4.78 is 5.43. The number of nitrogens with zero attached hydrogens (tertiary/aromatic N) is 2. The van der Waals surface area contributed by atoms with Gasteiger partial charge in [-0.25, -0.2) is 9.78 Å². The van der Waals surface area contributed by atoms with E-state index in [4.69, 9.17) is 4.74 Å². The summed E-state index contributed by atoms with van der Waals surface area (Å²) in [6.07, 6.45) is 7.20. The molecule has 0 aromatic carbocycles. The fraction of sp³-hybridized carbons (Fsp3) is 0.471. The SMILES string of the molecule is O=C(NCc1nc2c(s1)CCCC2)Nc1cnc2c(c1)COCC2. The average Bonchev–Trinajstić information content (AvgIpc) is 3.03. The Morgan fingerprint density at radius 1 is 1.25 bits per heavy atom. The first kappa shape index (κ1) is 15.5. The number of aryl methyl sites for hydroxylation is 2. The van der Waals surface area contributed by atoms with Gasteiger partial charge in [-0.05, 0) is 31.7 Å². The molecular weight excluding hydrogens is 324 g/mol. The highest BCUT2D eigenvalue weighted by Crippen LogP contribution is 2.26. The molecule has 1 aliphatic carbocycles. The molecule has 2 amide bonds. The molecule has 7 heteroatoms. The Bertz CT molecular complexity index is 736. The van der Waals surface area contributed by atoms with E-state index in [1.54, 1.807) is 17.5 Å². The number of pyridine rings is 1. The lowest BCUT2D eigenvalue weighted by atomic mass is 10.0. The Morgan fingerprint density at radius 3 is 3.08 bits per heavy atom. The molecule has 0 saturated carbocycles. The number of amides is 2. The van der Waals surface area contributed by atoms with Crippen LogP contribution in [0.3, 0.4) is 0 Å². The van der Waals surface area contributed by atoms with Crippen LogP contribution in [0.2, 0.25) is 0 Å². The molecule has 2 aromatic rings. The van der Waals surface area contributed by atoms with Gasteiger partial charge in [0, 0.05) is 22.6 Å². The van der Waals surface area contributed by atoms with Crippen molar-refractivity contribution in [1.29, 1.82) is 0 Å². The largest absolute Gasteiger partial charge is 0.376 e. The summed E-state index contributed by atoms with van der Waals surface area (Å²) >= 11 is 1.72. The first-order valence-corrected chi connectivity index (χ1v) is 9.17. The molecule has 4 rings (SSSR count). The van der Waals surface area contributed by atoms with Crippen LogP contribution < -0.4 is 10.6 Å². The molecule has 0 bridgehead atoms. The lowest BCUT2D eigenvalue weighted by Crippen LogP contribution is -2.28. The van der Waals surface area contributed by atoms with Crippen molar-refractivity contribution in [3.05, 3.63) is 39.1 Å². The highest BCUT2D eigenvalue weighted by atomic mass is 32.1. The summed E-state index contributed by atoms with van der Waals surface area (Å²) in [5.41, 5.74) is 4.02. The zero-order valence-corrected chi connectivity index (χ0v) is 14.2. The Morgan fingerprint density at radius 2 is 2.17 bits per heavy atom. The van der Waals surface area contributed by atoms with Crippen molar-refractivity contribution >= 4 is 23.1 Å². The quantitative estimate of drug-likeness (QED) is 0.898. The topological polar surface area (TPSA) is 76.1 Å². The van der Waals surface area contributed by atoms with Gasteiger partial charge in [0.2, 0.25) is 0 Å². The molecule has 0 saturated heterocycles. The van der Waals surface area contributed by atoms with Crippen molar-refractivity contribution in [2.24, 2.45) is 0 Å². The van der Waals surface area contributed by atoms with Crippen molar-refractivity contribution in [2.45, 2.75) is 45.3 Å². The monoisotopic (exact) mass is 344 g/mol. The molecule has 126 valence electrons. The number of fused-ring (bicyclic) bond motifs is 2. The molecule has 2 N–H and O–H groups in total.